The average molecular weight is 175 g/mol. The van der Waals surface area contributed by atoms with Crippen LogP contribution in [0.5, 0.6) is 0 Å². The molecule has 0 spiro atoms. The van der Waals surface area contributed by atoms with Crippen molar-refractivity contribution in [2.24, 2.45) is 5.73 Å². The van der Waals surface area contributed by atoms with Crippen LogP contribution in [-0.2, 0) is 6.42 Å². The molecule has 0 amide bonds. The zero-order chi connectivity index (χ0) is 9.26. The Bertz CT molecular complexity index is 302. The first kappa shape index (κ1) is 8.76. The molecule has 1 nitrogen and oxygen atoms in total. The maximum Gasteiger partial charge on any atom is -0.00714 e. The summed E-state index contributed by atoms with van der Waals surface area (Å²) in [4.78, 5) is 0. The van der Waals surface area contributed by atoms with E-state index in [1.165, 1.54) is 18.4 Å². The summed E-state index contributed by atoms with van der Waals surface area (Å²) in [5.74, 6) is 0.737. The van der Waals surface area contributed by atoms with Crippen LogP contribution in [0.1, 0.15) is 35.4 Å². The van der Waals surface area contributed by atoms with Crippen molar-refractivity contribution in [1.29, 1.82) is 0 Å². The zero-order valence-corrected chi connectivity index (χ0v) is 8.22. The second-order valence-corrected chi connectivity index (χ2v) is 3.96. The third-order valence-corrected chi connectivity index (χ3v) is 3.10. The van der Waals surface area contributed by atoms with Crippen LogP contribution in [-0.4, -0.2) is 6.54 Å². The van der Waals surface area contributed by atoms with Gasteiger partial charge in [-0.15, -0.1) is 0 Å². The highest BCUT2D eigenvalue weighted by atomic mass is 14.5. The van der Waals surface area contributed by atoms with Gasteiger partial charge in [-0.05, 0) is 55.3 Å². The Kier molecular flexibility index (Phi) is 2.36. The van der Waals surface area contributed by atoms with Gasteiger partial charge >= 0.3 is 0 Å². The summed E-state index contributed by atoms with van der Waals surface area (Å²) in [7, 11) is 0. The Labute approximate surface area is 80.0 Å². The number of benzene rings is 1. The van der Waals surface area contributed by atoms with E-state index in [1.807, 2.05) is 0 Å². The fraction of sp³-hybridized carbons (Fsp3) is 0.500. The molecule has 1 aromatic carbocycles. The van der Waals surface area contributed by atoms with Gasteiger partial charge < -0.3 is 5.73 Å². The van der Waals surface area contributed by atoms with Crippen molar-refractivity contribution in [3.8, 4) is 0 Å². The SMILES string of the molecule is Cc1cccc2c1C(CCN)CC2. The molecule has 0 fully saturated rings. The summed E-state index contributed by atoms with van der Waals surface area (Å²) in [5, 5.41) is 0. The first-order valence-electron chi connectivity index (χ1n) is 5.11. The molecule has 0 radical (unpaired) electrons. The van der Waals surface area contributed by atoms with Crippen molar-refractivity contribution in [3.05, 3.63) is 34.9 Å². The van der Waals surface area contributed by atoms with E-state index in [0.29, 0.717) is 0 Å². The van der Waals surface area contributed by atoms with Crippen LogP contribution in [0.25, 0.3) is 0 Å². The summed E-state index contributed by atoms with van der Waals surface area (Å²) in [6, 6.07) is 6.64. The normalized spacial score (nSPS) is 20.3. The lowest BCUT2D eigenvalue weighted by Gasteiger charge is -2.12. The lowest BCUT2D eigenvalue weighted by atomic mass is 9.94. The second kappa shape index (κ2) is 3.51. The molecule has 0 aromatic heterocycles. The Morgan fingerprint density at radius 3 is 3.08 bits per heavy atom. The largest absolute Gasteiger partial charge is 0.330 e. The molecule has 1 aliphatic carbocycles. The quantitative estimate of drug-likeness (QED) is 0.733. The van der Waals surface area contributed by atoms with Gasteiger partial charge in [0.25, 0.3) is 0 Å². The molecule has 0 aliphatic heterocycles. The number of fused-ring (bicyclic) bond motifs is 1. The molecule has 0 bridgehead atoms. The smallest absolute Gasteiger partial charge is 0.00714 e. The standard InChI is InChI=1S/C12H17N/c1-9-3-2-4-10-5-6-11(7-8-13)12(9)10/h2-4,11H,5-8,13H2,1H3. The maximum absolute atomic E-state index is 5.62. The first-order chi connectivity index (χ1) is 6.33. The van der Waals surface area contributed by atoms with Crippen LogP contribution in [0.3, 0.4) is 0 Å². The molecular formula is C12H17N. The minimum atomic E-state index is 0.737. The van der Waals surface area contributed by atoms with Crippen LogP contribution < -0.4 is 5.73 Å². The van der Waals surface area contributed by atoms with Crippen molar-refractivity contribution in [2.75, 3.05) is 6.54 Å². The molecule has 13 heavy (non-hydrogen) atoms. The van der Waals surface area contributed by atoms with E-state index in [-0.39, 0.29) is 0 Å². The fourth-order valence-corrected chi connectivity index (χ4v) is 2.51. The monoisotopic (exact) mass is 175 g/mol. The highest BCUT2D eigenvalue weighted by Gasteiger charge is 2.22. The van der Waals surface area contributed by atoms with Crippen LogP contribution in [0.15, 0.2) is 18.2 Å². The maximum atomic E-state index is 5.62. The molecule has 2 N–H and O–H groups in total. The first-order valence-corrected chi connectivity index (χ1v) is 5.11. The zero-order valence-electron chi connectivity index (χ0n) is 8.22. The number of hydrogen-bond donors (Lipinski definition) is 1. The molecule has 1 aromatic rings. The third kappa shape index (κ3) is 1.49. The predicted molar refractivity (Wildman–Crippen MR) is 55.9 cm³/mol. The minimum Gasteiger partial charge on any atom is -0.330 e. The molecular weight excluding hydrogens is 158 g/mol. The second-order valence-electron chi connectivity index (χ2n) is 3.96. The van der Waals surface area contributed by atoms with Gasteiger partial charge in [-0.3, -0.25) is 0 Å². The Morgan fingerprint density at radius 2 is 2.31 bits per heavy atom. The molecule has 0 saturated heterocycles. The highest BCUT2D eigenvalue weighted by molar-refractivity contribution is 5.40. The summed E-state index contributed by atoms with van der Waals surface area (Å²) >= 11 is 0. The Balaban J connectivity index is 2.34. The molecule has 1 unspecified atom stereocenters. The van der Waals surface area contributed by atoms with E-state index in [1.54, 1.807) is 11.1 Å². The summed E-state index contributed by atoms with van der Waals surface area (Å²) < 4.78 is 0. The summed E-state index contributed by atoms with van der Waals surface area (Å²) in [6.07, 6.45) is 3.71. The number of hydrogen-bond acceptors (Lipinski definition) is 1. The predicted octanol–water partition coefficient (Wildman–Crippen LogP) is 2.37. The van der Waals surface area contributed by atoms with Crippen molar-refractivity contribution in [3.63, 3.8) is 0 Å². The Morgan fingerprint density at radius 1 is 1.46 bits per heavy atom. The van der Waals surface area contributed by atoms with Gasteiger partial charge in [0.2, 0.25) is 0 Å². The van der Waals surface area contributed by atoms with Crippen molar-refractivity contribution in [1.82, 2.24) is 0 Å². The van der Waals surface area contributed by atoms with Crippen LogP contribution >= 0.6 is 0 Å². The number of nitrogens with two attached hydrogens (primary N) is 1. The van der Waals surface area contributed by atoms with Crippen molar-refractivity contribution < 1.29 is 0 Å². The van der Waals surface area contributed by atoms with Crippen LogP contribution in [0.4, 0.5) is 0 Å². The third-order valence-electron chi connectivity index (χ3n) is 3.10. The van der Waals surface area contributed by atoms with E-state index in [2.05, 4.69) is 25.1 Å². The summed E-state index contributed by atoms with van der Waals surface area (Å²) in [5.41, 5.74) is 10.2. The van der Waals surface area contributed by atoms with Gasteiger partial charge in [0.15, 0.2) is 0 Å². The molecule has 1 heteroatoms. The van der Waals surface area contributed by atoms with E-state index in [4.69, 9.17) is 5.73 Å². The molecule has 1 aliphatic rings. The van der Waals surface area contributed by atoms with Crippen molar-refractivity contribution >= 4 is 0 Å². The molecule has 2 rings (SSSR count). The lowest BCUT2D eigenvalue weighted by molar-refractivity contribution is 0.625. The minimum absolute atomic E-state index is 0.737. The fourth-order valence-electron chi connectivity index (χ4n) is 2.51. The van der Waals surface area contributed by atoms with E-state index < -0.39 is 0 Å². The molecule has 0 heterocycles. The Hall–Kier alpha value is -0.820. The lowest BCUT2D eigenvalue weighted by Crippen LogP contribution is -2.05. The number of aryl methyl sites for hydroxylation is 2. The van der Waals surface area contributed by atoms with Gasteiger partial charge in [-0.1, -0.05) is 18.2 Å². The van der Waals surface area contributed by atoms with Crippen molar-refractivity contribution in [2.45, 2.75) is 32.1 Å². The van der Waals surface area contributed by atoms with Gasteiger partial charge in [0.05, 0.1) is 0 Å². The van der Waals surface area contributed by atoms with Gasteiger partial charge in [0, 0.05) is 0 Å². The average Bonchev–Trinajstić information content (AvgIpc) is 2.51. The van der Waals surface area contributed by atoms with Gasteiger partial charge in [-0.25, -0.2) is 0 Å². The van der Waals surface area contributed by atoms with E-state index in [0.717, 1.165) is 18.9 Å². The molecule has 1 atom stereocenters. The van der Waals surface area contributed by atoms with Crippen LogP contribution in [0.2, 0.25) is 0 Å². The molecule has 0 saturated carbocycles. The summed E-state index contributed by atoms with van der Waals surface area (Å²) in [6.45, 7) is 3.03. The van der Waals surface area contributed by atoms with E-state index >= 15 is 0 Å². The van der Waals surface area contributed by atoms with E-state index in [9.17, 15) is 0 Å². The van der Waals surface area contributed by atoms with Gasteiger partial charge in [-0.2, -0.15) is 0 Å². The van der Waals surface area contributed by atoms with Gasteiger partial charge in [0.1, 0.15) is 0 Å². The number of rotatable bonds is 2. The molecule has 70 valence electrons. The highest BCUT2D eigenvalue weighted by Crippen LogP contribution is 2.36. The van der Waals surface area contributed by atoms with Crippen LogP contribution in [0, 0.1) is 6.92 Å². The topological polar surface area (TPSA) is 26.0 Å².